The maximum absolute atomic E-state index is 6.77. The molecule has 322 valence electrons. The molecular weight excluding hydrogens is 837 g/mol. The molecule has 14 rings (SSSR count). The molecule has 2 aromatic heterocycles. The van der Waals surface area contributed by atoms with Crippen LogP contribution in [0.15, 0.2) is 259 Å². The van der Waals surface area contributed by atoms with Crippen molar-refractivity contribution >= 4 is 93.1 Å². The molecule has 0 atom stereocenters. The summed E-state index contributed by atoms with van der Waals surface area (Å²) in [5, 5.41) is 12.1. The molecule has 14 aromatic rings. The predicted molar refractivity (Wildman–Crippen MR) is 292 cm³/mol. The standard InChI is InChI=1S/C66H42N2O/c1-3-14-53-44(12-1)24-25-49-42-48(33-40-54(49)53)43-26-34-50(35-27-43)67(52-38-30-47(31-39-52)57-19-11-20-60-61-41-32-45-13-2-4-16-56(45)66(61)69-65(57)60)51-36-28-46(29-37-51)55-15-5-8-21-62(55)68-63-22-9-6-17-58(63)59-18-7-10-23-64(59)68/h1-42H. The van der Waals surface area contributed by atoms with Crippen LogP contribution in [0.25, 0.3) is 115 Å². The number of fused-ring (bicyclic) bond motifs is 11. The molecule has 0 spiro atoms. The lowest BCUT2D eigenvalue weighted by Crippen LogP contribution is -2.09. The molecule has 0 aliphatic heterocycles. The van der Waals surface area contributed by atoms with Crippen molar-refractivity contribution < 1.29 is 4.42 Å². The summed E-state index contributed by atoms with van der Waals surface area (Å²) in [6, 6.07) is 92.4. The van der Waals surface area contributed by atoms with E-state index in [9.17, 15) is 0 Å². The molecule has 12 aromatic carbocycles. The minimum atomic E-state index is 0.905. The van der Waals surface area contributed by atoms with Crippen LogP contribution < -0.4 is 4.90 Å². The molecule has 3 nitrogen and oxygen atoms in total. The van der Waals surface area contributed by atoms with Crippen LogP contribution in [0.4, 0.5) is 17.1 Å². The minimum absolute atomic E-state index is 0.905. The highest BCUT2D eigenvalue weighted by Gasteiger charge is 2.19. The SMILES string of the molecule is c1ccc(-n2c3ccccc3c3ccccc32)c(-c2ccc(N(c3ccc(-c4ccc5c(ccc6ccccc65)c4)cc3)c3ccc(-c4cccc5c4oc4c6ccccc6ccc54)cc3)cc2)c1. The normalized spacial score (nSPS) is 11.8. The number of aromatic nitrogens is 1. The number of benzene rings is 12. The van der Waals surface area contributed by atoms with Crippen molar-refractivity contribution in [2.45, 2.75) is 0 Å². The number of rotatable bonds is 7. The molecule has 0 aliphatic carbocycles. The topological polar surface area (TPSA) is 21.3 Å². The van der Waals surface area contributed by atoms with E-state index in [2.05, 4.69) is 264 Å². The van der Waals surface area contributed by atoms with Gasteiger partial charge in [0.15, 0.2) is 0 Å². The number of hydrogen-bond donors (Lipinski definition) is 0. The molecule has 0 amide bonds. The molecule has 0 saturated heterocycles. The molecule has 0 fully saturated rings. The van der Waals surface area contributed by atoms with Gasteiger partial charge < -0.3 is 13.9 Å². The van der Waals surface area contributed by atoms with Crippen LogP contribution in [0.3, 0.4) is 0 Å². The summed E-state index contributed by atoms with van der Waals surface area (Å²) in [5.41, 5.74) is 15.4. The summed E-state index contributed by atoms with van der Waals surface area (Å²) in [7, 11) is 0. The second kappa shape index (κ2) is 15.7. The zero-order valence-corrected chi connectivity index (χ0v) is 37.6. The van der Waals surface area contributed by atoms with Crippen molar-refractivity contribution in [3.05, 3.63) is 255 Å². The largest absolute Gasteiger partial charge is 0.455 e. The van der Waals surface area contributed by atoms with E-state index in [1.165, 1.54) is 65.4 Å². The van der Waals surface area contributed by atoms with Crippen molar-refractivity contribution in [3.8, 4) is 39.1 Å². The van der Waals surface area contributed by atoms with E-state index in [-0.39, 0.29) is 0 Å². The van der Waals surface area contributed by atoms with E-state index >= 15 is 0 Å². The molecule has 0 N–H and O–H groups in total. The van der Waals surface area contributed by atoms with E-state index in [1.807, 2.05) is 0 Å². The van der Waals surface area contributed by atoms with Gasteiger partial charge >= 0.3 is 0 Å². The van der Waals surface area contributed by atoms with Crippen LogP contribution in [0.5, 0.6) is 0 Å². The van der Waals surface area contributed by atoms with Gasteiger partial charge in [-0.2, -0.15) is 0 Å². The Morgan fingerprint density at radius 1 is 0.275 bits per heavy atom. The van der Waals surface area contributed by atoms with Crippen molar-refractivity contribution in [2.75, 3.05) is 4.90 Å². The van der Waals surface area contributed by atoms with Gasteiger partial charge in [0.2, 0.25) is 0 Å². The second-order valence-corrected chi connectivity index (χ2v) is 18.0. The predicted octanol–water partition coefficient (Wildman–Crippen LogP) is 18.6. The van der Waals surface area contributed by atoms with Crippen LogP contribution in [-0.4, -0.2) is 4.57 Å². The fourth-order valence-corrected chi connectivity index (χ4v) is 10.9. The van der Waals surface area contributed by atoms with Crippen LogP contribution in [-0.2, 0) is 0 Å². The summed E-state index contributed by atoms with van der Waals surface area (Å²) >= 11 is 0. The van der Waals surface area contributed by atoms with Crippen LogP contribution >= 0.6 is 0 Å². The van der Waals surface area contributed by atoms with Crippen molar-refractivity contribution in [2.24, 2.45) is 0 Å². The van der Waals surface area contributed by atoms with E-state index < -0.39 is 0 Å². The van der Waals surface area contributed by atoms with Crippen molar-refractivity contribution in [3.63, 3.8) is 0 Å². The number of anilines is 3. The Morgan fingerprint density at radius 3 is 1.42 bits per heavy atom. The van der Waals surface area contributed by atoms with Crippen molar-refractivity contribution in [1.82, 2.24) is 4.57 Å². The van der Waals surface area contributed by atoms with E-state index in [0.717, 1.165) is 66.8 Å². The maximum atomic E-state index is 6.77. The smallest absolute Gasteiger partial charge is 0.143 e. The van der Waals surface area contributed by atoms with Crippen molar-refractivity contribution in [1.29, 1.82) is 0 Å². The molecule has 0 aliphatic rings. The van der Waals surface area contributed by atoms with Gasteiger partial charge in [-0.25, -0.2) is 0 Å². The molecular formula is C66H42N2O. The Morgan fingerprint density at radius 2 is 0.725 bits per heavy atom. The summed E-state index contributed by atoms with van der Waals surface area (Å²) in [6.45, 7) is 0. The number of para-hydroxylation sites is 4. The highest BCUT2D eigenvalue weighted by molar-refractivity contribution is 6.17. The van der Waals surface area contributed by atoms with Gasteiger partial charge in [-0.1, -0.05) is 188 Å². The number of hydrogen-bond acceptors (Lipinski definition) is 2. The van der Waals surface area contributed by atoms with Gasteiger partial charge in [-0.05, 0) is 116 Å². The lowest BCUT2D eigenvalue weighted by molar-refractivity contribution is 0.674. The molecule has 0 bridgehead atoms. The van der Waals surface area contributed by atoms with Gasteiger partial charge in [0.05, 0.1) is 16.7 Å². The van der Waals surface area contributed by atoms with E-state index in [4.69, 9.17) is 4.42 Å². The van der Waals surface area contributed by atoms with Crippen LogP contribution in [0.1, 0.15) is 0 Å². The Labute approximate surface area is 399 Å². The Kier molecular flexibility index (Phi) is 8.90. The summed E-state index contributed by atoms with van der Waals surface area (Å²) < 4.78 is 9.18. The fraction of sp³-hybridized carbons (Fsp3) is 0. The van der Waals surface area contributed by atoms with Gasteiger partial charge in [-0.15, -0.1) is 0 Å². The molecule has 69 heavy (non-hydrogen) atoms. The first-order valence-corrected chi connectivity index (χ1v) is 23.7. The first-order valence-electron chi connectivity index (χ1n) is 23.7. The lowest BCUT2D eigenvalue weighted by Gasteiger charge is -2.26. The molecule has 0 radical (unpaired) electrons. The first-order chi connectivity index (χ1) is 34.2. The first kappa shape index (κ1) is 39.0. The highest BCUT2D eigenvalue weighted by atomic mass is 16.3. The fourth-order valence-electron chi connectivity index (χ4n) is 10.9. The Balaban J connectivity index is 0.866. The monoisotopic (exact) mass is 878 g/mol. The number of furan rings is 1. The highest BCUT2D eigenvalue weighted by Crippen LogP contribution is 2.43. The van der Waals surface area contributed by atoms with E-state index in [0.29, 0.717) is 0 Å². The van der Waals surface area contributed by atoms with Gasteiger partial charge in [0, 0.05) is 55.1 Å². The third-order valence-electron chi connectivity index (χ3n) is 14.2. The Hall–Kier alpha value is -9.18. The van der Waals surface area contributed by atoms with Gasteiger partial charge in [0.1, 0.15) is 11.2 Å². The summed E-state index contributed by atoms with van der Waals surface area (Å²) in [4.78, 5) is 2.36. The quantitative estimate of drug-likeness (QED) is 0.149. The molecule has 0 unspecified atom stereocenters. The number of nitrogens with zero attached hydrogens (tertiary/aromatic N) is 2. The minimum Gasteiger partial charge on any atom is -0.455 e. The average Bonchev–Trinajstić information content (AvgIpc) is 3.98. The zero-order chi connectivity index (χ0) is 45.4. The Bertz CT molecular complexity index is 4240. The van der Waals surface area contributed by atoms with Gasteiger partial charge in [0.25, 0.3) is 0 Å². The zero-order valence-electron chi connectivity index (χ0n) is 37.6. The summed E-state index contributed by atoms with van der Waals surface area (Å²) in [5.74, 6) is 0. The third kappa shape index (κ3) is 6.36. The molecule has 3 heteroatoms. The second-order valence-electron chi connectivity index (χ2n) is 18.0. The third-order valence-corrected chi connectivity index (χ3v) is 14.2. The molecule has 0 saturated carbocycles. The van der Waals surface area contributed by atoms with Crippen LogP contribution in [0.2, 0.25) is 0 Å². The molecule has 2 heterocycles. The van der Waals surface area contributed by atoms with Crippen LogP contribution in [0, 0.1) is 0 Å². The summed E-state index contributed by atoms with van der Waals surface area (Å²) in [6.07, 6.45) is 0. The average molecular weight is 879 g/mol. The van der Waals surface area contributed by atoms with Gasteiger partial charge in [-0.3, -0.25) is 0 Å². The lowest BCUT2D eigenvalue weighted by atomic mass is 9.97. The van der Waals surface area contributed by atoms with E-state index in [1.54, 1.807) is 0 Å². The maximum Gasteiger partial charge on any atom is 0.143 e.